The molecule has 0 amide bonds. The van der Waals surface area contributed by atoms with E-state index in [2.05, 4.69) is 0 Å². The van der Waals surface area contributed by atoms with Gasteiger partial charge < -0.3 is 0 Å². The molecule has 0 atom stereocenters. The van der Waals surface area contributed by atoms with E-state index in [1.165, 1.54) is 5.22 Å². The number of hydrogen-bond donors (Lipinski definition) is 0. The van der Waals surface area contributed by atoms with Crippen molar-refractivity contribution in [3.05, 3.63) is 70.1 Å². The number of carbonyl (C=O) groups excluding carboxylic acids is 1. The highest BCUT2D eigenvalue weighted by Gasteiger charge is 2.14. The second kappa shape index (κ2) is 2.55. The molecule has 2 aliphatic rings. The Hall–Kier alpha value is -1.89. The Morgan fingerprint density at radius 2 is 1.71 bits per heavy atom. The predicted octanol–water partition coefficient (Wildman–Crippen LogP) is 2.52. The molecule has 0 fully saturated rings. The van der Waals surface area contributed by atoms with Crippen LogP contribution in [0.1, 0.15) is 15.9 Å². The number of ketones is 1. The lowest BCUT2D eigenvalue weighted by Crippen LogP contribution is -2.07. The molecule has 3 rings (SSSR count). The summed E-state index contributed by atoms with van der Waals surface area (Å²) in [6, 6.07) is 15.4. The molecule has 14 heavy (non-hydrogen) atoms. The summed E-state index contributed by atoms with van der Waals surface area (Å²) in [7, 11) is 0. The van der Waals surface area contributed by atoms with Crippen LogP contribution in [0.25, 0.3) is 0 Å². The Balaban J connectivity index is 2.04. The molecule has 1 aromatic rings. The van der Waals surface area contributed by atoms with Crippen LogP contribution in [-0.2, 0) is 0 Å². The van der Waals surface area contributed by atoms with Crippen LogP contribution in [0, 0.1) is 10.4 Å². The molecule has 0 heterocycles. The summed E-state index contributed by atoms with van der Waals surface area (Å²) in [6.45, 7) is 0. The molecule has 2 aliphatic carbocycles. The van der Waals surface area contributed by atoms with Crippen molar-refractivity contribution in [2.45, 2.75) is 0 Å². The highest BCUT2D eigenvalue weighted by Crippen LogP contribution is 2.19. The number of carbonyl (C=O) groups is 1. The minimum atomic E-state index is 0.133. The molecule has 1 nitrogen and oxygen atoms in total. The molecule has 1 heteroatoms. The first-order valence-corrected chi connectivity index (χ1v) is 4.60. The van der Waals surface area contributed by atoms with Crippen LogP contribution in [0.15, 0.2) is 48.5 Å². The summed E-state index contributed by atoms with van der Waals surface area (Å²) < 4.78 is 0. The molecule has 0 aliphatic heterocycles. The third kappa shape index (κ3) is 0.867. The minimum Gasteiger partial charge on any atom is -0.289 e. The average molecular weight is 180 g/mol. The van der Waals surface area contributed by atoms with Gasteiger partial charge in [0.1, 0.15) is 0 Å². The zero-order valence-electron chi connectivity index (χ0n) is 7.53. The van der Waals surface area contributed by atoms with Gasteiger partial charge in [0.25, 0.3) is 0 Å². The van der Waals surface area contributed by atoms with E-state index >= 15 is 0 Å². The van der Waals surface area contributed by atoms with Crippen molar-refractivity contribution in [3.8, 4) is 0 Å². The van der Waals surface area contributed by atoms with E-state index < -0.39 is 0 Å². The van der Waals surface area contributed by atoms with Crippen LogP contribution in [0.4, 0.5) is 0 Å². The van der Waals surface area contributed by atoms with E-state index in [-0.39, 0.29) is 5.78 Å². The van der Waals surface area contributed by atoms with Crippen LogP contribution in [-0.4, -0.2) is 5.78 Å². The Morgan fingerprint density at radius 1 is 0.929 bits per heavy atom. The molecule has 0 spiro atoms. The van der Waals surface area contributed by atoms with Gasteiger partial charge in [0.2, 0.25) is 0 Å². The van der Waals surface area contributed by atoms with Crippen LogP contribution in [0.5, 0.6) is 0 Å². The molecule has 1 aromatic carbocycles. The van der Waals surface area contributed by atoms with Crippen LogP contribution in [0.2, 0.25) is 0 Å². The van der Waals surface area contributed by atoms with Gasteiger partial charge in [-0.1, -0.05) is 42.5 Å². The number of benzene rings is 2. The molecule has 0 saturated carbocycles. The van der Waals surface area contributed by atoms with E-state index in [0.29, 0.717) is 0 Å². The Labute approximate surface area is 81.3 Å². The van der Waals surface area contributed by atoms with Gasteiger partial charge in [-0.25, -0.2) is 0 Å². The van der Waals surface area contributed by atoms with Crippen molar-refractivity contribution in [2.75, 3.05) is 0 Å². The highest BCUT2D eigenvalue weighted by molar-refractivity contribution is 6.10. The SMILES string of the molecule is O=C(c1ccccc1)c1cc2ccc1=2. The second-order valence-corrected chi connectivity index (χ2v) is 3.46. The molecular formula is C13H8O. The van der Waals surface area contributed by atoms with Gasteiger partial charge >= 0.3 is 0 Å². The van der Waals surface area contributed by atoms with Gasteiger partial charge in [-0.2, -0.15) is 0 Å². The van der Waals surface area contributed by atoms with Gasteiger partial charge in [-0.3, -0.25) is 4.79 Å². The molecular weight excluding hydrogens is 172 g/mol. The zero-order chi connectivity index (χ0) is 9.54. The van der Waals surface area contributed by atoms with Crippen molar-refractivity contribution >= 4 is 5.78 Å². The molecule has 0 saturated heterocycles. The maximum Gasteiger partial charge on any atom is 0.193 e. The fraction of sp³-hybridized carbons (Fsp3) is 0. The molecule has 0 bridgehead atoms. The van der Waals surface area contributed by atoms with Crippen molar-refractivity contribution in [3.63, 3.8) is 0 Å². The molecule has 66 valence electrons. The van der Waals surface area contributed by atoms with Crippen molar-refractivity contribution in [1.82, 2.24) is 0 Å². The standard InChI is InChI=1S/C13H8O/c14-13(9-4-2-1-3-5-9)12-8-10-6-7-11(10)12/h1-8H. The van der Waals surface area contributed by atoms with Gasteiger partial charge in [0.15, 0.2) is 5.78 Å². The van der Waals surface area contributed by atoms with E-state index in [0.717, 1.165) is 16.3 Å². The summed E-state index contributed by atoms with van der Waals surface area (Å²) in [4.78, 5) is 11.9. The lowest BCUT2D eigenvalue weighted by atomic mass is 9.93. The van der Waals surface area contributed by atoms with Crippen LogP contribution in [0.3, 0.4) is 0 Å². The highest BCUT2D eigenvalue weighted by atomic mass is 16.1. The van der Waals surface area contributed by atoms with Crippen LogP contribution < -0.4 is 0 Å². The third-order valence-electron chi connectivity index (χ3n) is 2.61. The maximum atomic E-state index is 11.9. The predicted molar refractivity (Wildman–Crippen MR) is 54.0 cm³/mol. The van der Waals surface area contributed by atoms with Gasteiger partial charge in [0, 0.05) is 11.1 Å². The largest absolute Gasteiger partial charge is 0.289 e. The van der Waals surface area contributed by atoms with E-state index in [4.69, 9.17) is 0 Å². The first-order chi connectivity index (χ1) is 6.86. The van der Waals surface area contributed by atoms with E-state index in [9.17, 15) is 4.79 Å². The van der Waals surface area contributed by atoms with Crippen LogP contribution >= 0.6 is 0 Å². The summed E-state index contributed by atoms with van der Waals surface area (Å²) >= 11 is 0. The molecule has 0 aromatic heterocycles. The average Bonchev–Trinajstić information content (AvgIpc) is 2.22. The van der Waals surface area contributed by atoms with Gasteiger partial charge in [-0.05, 0) is 16.5 Å². The first kappa shape index (κ1) is 7.51. The minimum absolute atomic E-state index is 0.133. The van der Waals surface area contributed by atoms with Gasteiger partial charge in [0.05, 0.1) is 0 Å². The maximum absolute atomic E-state index is 11.9. The molecule has 0 radical (unpaired) electrons. The normalized spacial score (nSPS) is 11.1. The van der Waals surface area contributed by atoms with Crippen molar-refractivity contribution in [2.24, 2.45) is 0 Å². The fourth-order valence-electron chi connectivity index (χ4n) is 1.72. The van der Waals surface area contributed by atoms with Crippen molar-refractivity contribution in [1.29, 1.82) is 0 Å². The fourth-order valence-corrected chi connectivity index (χ4v) is 1.72. The quantitative estimate of drug-likeness (QED) is 0.554. The third-order valence-corrected chi connectivity index (χ3v) is 2.61. The first-order valence-electron chi connectivity index (χ1n) is 4.60. The Morgan fingerprint density at radius 3 is 2.21 bits per heavy atom. The van der Waals surface area contributed by atoms with E-state index in [1.54, 1.807) is 0 Å². The summed E-state index contributed by atoms with van der Waals surface area (Å²) in [5.74, 6) is 0.133. The Kier molecular flexibility index (Phi) is 1.37. The molecule has 0 N–H and O–H groups in total. The number of hydrogen-bond acceptors (Lipinski definition) is 1. The lowest BCUT2D eigenvalue weighted by Gasteiger charge is -2.09. The summed E-state index contributed by atoms with van der Waals surface area (Å²) in [5, 5.41) is 2.34. The van der Waals surface area contributed by atoms with Crippen molar-refractivity contribution < 1.29 is 4.79 Å². The monoisotopic (exact) mass is 180 g/mol. The van der Waals surface area contributed by atoms with E-state index in [1.807, 2.05) is 48.5 Å². The summed E-state index contributed by atoms with van der Waals surface area (Å²) in [6.07, 6.45) is 0. The topological polar surface area (TPSA) is 17.1 Å². The Bertz CT molecular complexity index is 597. The molecule has 0 unspecified atom stereocenters. The second-order valence-electron chi connectivity index (χ2n) is 3.46. The lowest BCUT2D eigenvalue weighted by molar-refractivity contribution is 0.103. The number of rotatable bonds is 2. The summed E-state index contributed by atoms with van der Waals surface area (Å²) in [5.41, 5.74) is 1.62. The zero-order valence-corrected chi connectivity index (χ0v) is 7.53. The van der Waals surface area contributed by atoms with Gasteiger partial charge in [-0.15, -0.1) is 0 Å². The smallest absolute Gasteiger partial charge is 0.193 e.